The number of esters is 1. The van der Waals surface area contributed by atoms with Gasteiger partial charge in [0.2, 0.25) is 0 Å². The lowest BCUT2D eigenvalue weighted by Crippen LogP contribution is -2.19. The molecule has 0 unspecified atom stereocenters. The van der Waals surface area contributed by atoms with Crippen LogP contribution in [0.2, 0.25) is 0 Å². The zero-order valence-electron chi connectivity index (χ0n) is 10.9. The van der Waals surface area contributed by atoms with Crippen LogP contribution in [0, 0.1) is 0 Å². The first kappa shape index (κ1) is 16.1. The number of ketones is 1. The molecule has 0 aromatic carbocycles. The largest absolute Gasteiger partial charge is 0.469 e. The predicted octanol–water partition coefficient (Wildman–Crippen LogP) is 1.69. The Kier molecular flexibility index (Phi) is 9.66. The third kappa shape index (κ3) is 8.83. The number of ether oxygens (including phenoxy) is 3. The Labute approximate surface area is 102 Å². The SMILES string of the molecule is CCOC(CCC(=O)CCC(=O)OC)OCC. The summed E-state index contributed by atoms with van der Waals surface area (Å²) in [7, 11) is 1.31. The standard InChI is InChI=1S/C12H22O5/c1-4-16-12(17-5-2)9-7-10(13)6-8-11(14)15-3/h12H,4-9H2,1-3H3. The molecule has 0 aliphatic rings. The Morgan fingerprint density at radius 1 is 1.00 bits per heavy atom. The normalized spacial score (nSPS) is 10.6. The average molecular weight is 246 g/mol. The lowest BCUT2D eigenvalue weighted by atomic mass is 10.1. The predicted molar refractivity (Wildman–Crippen MR) is 62.5 cm³/mol. The zero-order chi connectivity index (χ0) is 13.1. The van der Waals surface area contributed by atoms with Gasteiger partial charge in [-0.3, -0.25) is 9.59 Å². The van der Waals surface area contributed by atoms with E-state index in [0.717, 1.165) is 0 Å². The fourth-order valence-corrected chi connectivity index (χ4v) is 1.33. The van der Waals surface area contributed by atoms with Crippen LogP contribution < -0.4 is 0 Å². The number of carbonyl (C=O) groups is 2. The van der Waals surface area contributed by atoms with Crippen LogP contribution in [0.1, 0.15) is 39.5 Å². The molecule has 0 aliphatic carbocycles. The van der Waals surface area contributed by atoms with Gasteiger partial charge in [-0.05, 0) is 13.8 Å². The molecule has 0 amide bonds. The van der Waals surface area contributed by atoms with E-state index in [1.54, 1.807) is 0 Å². The topological polar surface area (TPSA) is 61.8 Å². The van der Waals surface area contributed by atoms with Gasteiger partial charge in [0.1, 0.15) is 5.78 Å². The molecule has 0 spiro atoms. The summed E-state index contributed by atoms with van der Waals surface area (Å²) in [5.41, 5.74) is 0. The molecule has 5 nitrogen and oxygen atoms in total. The van der Waals surface area contributed by atoms with E-state index in [0.29, 0.717) is 26.1 Å². The highest BCUT2D eigenvalue weighted by Crippen LogP contribution is 2.07. The van der Waals surface area contributed by atoms with Gasteiger partial charge in [-0.15, -0.1) is 0 Å². The molecule has 0 aliphatic heterocycles. The van der Waals surface area contributed by atoms with Gasteiger partial charge < -0.3 is 14.2 Å². The fourth-order valence-electron chi connectivity index (χ4n) is 1.33. The first-order valence-electron chi connectivity index (χ1n) is 5.95. The van der Waals surface area contributed by atoms with Crippen LogP contribution in [0.3, 0.4) is 0 Å². The summed E-state index contributed by atoms with van der Waals surface area (Å²) < 4.78 is 15.1. The molecule has 0 saturated heterocycles. The fraction of sp³-hybridized carbons (Fsp3) is 0.833. The summed E-state index contributed by atoms with van der Waals surface area (Å²) in [6.45, 7) is 4.87. The number of Topliss-reactive ketones (excluding diaryl/α,β-unsaturated/α-hetero) is 1. The summed E-state index contributed by atoms with van der Waals surface area (Å²) >= 11 is 0. The highest BCUT2D eigenvalue weighted by molar-refractivity contribution is 5.82. The van der Waals surface area contributed by atoms with E-state index < -0.39 is 0 Å². The van der Waals surface area contributed by atoms with Crippen LogP contribution in [-0.2, 0) is 23.8 Å². The van der Waals surface area contributed by atoms with Gasteiger partial charge in [0, 0.05) is 32.5 Å². The average Bonchev–Trinajstić information content (AvgIpc) is 2.33. The molecule has 17 heavy (non-hydrogen) atoms. The molecule has 0 fully saturated rings. The molecule has 0 aromatic heterocycles. The molecule has 5 heteroatoms. The minimum atomic E-state index is -0.357. The van der Waals surface area contributed by atoms with E-state index in [1.165, 1.54) is 7.11 Å². The van der Waals surface area contributed by atoms with Crippen molar-refractivity contribution < 1.29 is 23.8 Å². The second kappa shape index (κ2) is 10.2. The maximum atomic E-state index is 11.5. The van der Waals surface area contributed by atoms with Gasteiger partial charge in [0.25, 0.3) is 0 Å². The Morgan fingerprint density at radius 3 is 2.06 bits per heavy atom. The minimum absolute atomic E-state index is 0.0276. The third-order valence-corrected chi connectivity index (χ3v) is 2.20. The van der Waals surface area contributed by atoms with Crippen molar-refractivity contribution in [3.8, 4) is 0 Å². The summed E-state index contributed by atoms with van der Waals surface area (Å²) in [6, 6.07) is 0. The van der Waals surface area contributed by atoms with Gasteiger partial charge >= 0.3 is 5.97 Å². The van der Waals surface area contributed by atoms with Crippen molar-refractivity contribution in [3.05, 3.63) is 0 Å². The summed E-state index contributed by atoms with van der Waals surface area (Å²) in [5, 5.41) is 0. The highest BCUT2D eigenvalue weighted by Gasteiger charge is 2.12. The smallest absolute Gasteiger partial charge is 0.305 e. The van der Waals surface area contributed by atoms with E-state index in [4.69, 9.17) is 9.47 Å². The molecule has 0 bridgehead atoms. The Hall–Kier alpha value is -0.940. The van der Waals surface area contributed by atoms with Crippen molar-refractivity contribution in [2.45, 2.75) is 45.8 Å². The number of rotatable bonds is 10. The molecule has 100 valence electrons. The molecule has 0 atom stereocenters. The lowest BCUT2D eigenvalue weighted by Gasteiger charge is -2.16. The van der Waals surface area contributed by atoms with E-state index in [9.17, 15) is 9.59 Å². The van der Waals surface area contributed by atoms with Crippen LogP contribution >= 0.6 is 0 Å². The Bertz CT molecular complexity index is 221. The van der Waals surface area contributed by atoms with Crippen molar-refractivity contribution >= 4 is 11.8 Å². The van der Waals surface area contributed by atoms with Crippen molar-refractivity contribution in [2.24, 2.45) is 0 Å². The summed E-state index contributed by atoms with van der Waals surface area (Å²) in [4.78, 5) is 22.3. The molecular formula is C12H22O5. The third-order valence-electron chi connectivity index (χ3n) is 2.20. The number of hydrogen-bond donors (Lipinski definition) is 0. The van der Waals surface area contributed by atoms with Crippen molar-refractivity contribution in [1.82, 2.24) is 0 Å². The van der Waals surface area contributed by atoms with Crippen LogP contribution in [0.15, 0.2) is 0 Å². The van der Waals surface area contributed by atoms with E-state index in [2.05, 4.69) is 4.74 Å². The molecular weight excluding hydrogens is 224 g/mol. The number of methoxy groups -OCH3 is 1. The van der Waals surface area contributed by atoms with Crippen molar-refractivity contribution in [2.75, 3.05) is 20.3 Å². The van der Waals surface area contributed by atoms with Gasteiger partial charge in [-0.1, -0.05) is 0 Å². The van der Waals surface area contributed by atoms with E-state index in [-0.39, 0.29) is 30.9 Å². The number of hydrogen-bond acceptors (Lipinski definition) is 5. The minimum Gasteiger partial charge on any atom is -0.469 e. The second-order valence-corrected chi connectivity index (χ2v) is 3.49. The first-order valence-corrected chi connectivity index (χ1v) is 5.95. The van der Waals surface area contributed by atoms with Gasteiger partial charge in [-0.25, -0.2) is 0 Å². The van der Waals surface area contributed by atoms with E-state index >= 15 is 0 Å². The summed E-state index contributed by atoms with van der Waals surface area (Å²) in [5.74, 6) is -0.329. The van der Waals surface area contributed by atoms with Crippen LogP contribution in [0.4, 0.5) is 0 Å². The van der Waals surface area contributed by atoms with Crippen LogP contribution in [0.5, 0.6) is 0 Å². The summed E-state index contributed by atoms with van der Waals surface area (Å²) in [6.07, 6.45) is 0.927. The molecule has 0 N–H and O–H groups in total. The zero-order valence-corrected chi connectivity index (χ0v) is 10.9. The Morgan fingerprint density at radius 2 is 1.59 bits per heavy atom. The monoisotopic (exact) mass is 246 g/mol. The van der Waals surface area contributed by atoms with Crippen LogP contribution in [0.25, 0.3) is 0 Å². The van der Waals surface area contributed by atoms with Gasteiger partial charge in [-0.2, -0.15) is 0 Å². The lowest BCUT2D eigenvalue weighted by molar-refractivity contribution is -0.146. The molecule has 0 rings (SSSR count). The van der Waals surface area contributed by atoms with Crippen LogP contribution in [-0.4, -0.2) is 38.4 Å². The highest BCUT2D eigenvalue weighted by atomic mass is 16.7. The quantitative estimate of drug-likeness (QED) is 0.433. The van der Waals surface area contributed by atoms with Gasteiger partial charge in [0.05, 0.1) is 13.5 Å². The molecule has 0 heterocycles. The van der Waals surface area contributed by atoms with Crippen molar-refractivity contribution in [1.29, 1.82) is 0 Å². The molecule has 0 saturated carbocycles. The number of carbonyl (C=O) groups excluding carboxylic acids is 2. The van der Waals surface area contributed by atoms with Crippen molar-refractivity contribution in [3.63, 3.8) is 0 Å². The maximum absolute atomic E-state index is 11.5. The Balaban J connectivity index is 3.75. The molecule has 0 radical (unpaired) electrons. The molecule has 0 aromatic rings. The second-order valence-electron chi connectivity index (χ2n) is 3.49. The van der Waals surface area contributed by atoms with E-state index in [1.807, 2.05) is 13.8 Å². The maximum Gasteiger partial charge on any atom is 0.305 e. The van der Waals surface area contributed by atoms with Gasteiger partial charge in [0.15, 0.2) is 6.29 Å². The first-order chi connectivity index (χ1) is 8.13.